The summed E-state index contributed by atoms with van der Waals surface area (Å²) >= 11 is 2.16. The van der Waals surface area contributed by atoms with E-state index in [0.717, 1.165) is 17.8 Å². The minimum atomic E-state index is 0.641. The first-order valence-electron chi connectivity index (χ1n) is 4.56. The number of rotatable bonds is 0. The molecule has 1 spiro atoms. The van der Waals surface area contributed by atoms with Crippen LogP contribution in [-0.2, 0) is 4.74 Å². The molecule has 2 heterocycles. The molecule has 11 heavy (non-hydrogen) atoms. The van der Waals surface area contributed by atoms with Crippen LogP contribution < -0.4 is 0 Å². The van der Waals surface area contributed by atoms with Crippen LogP contribution in [0.5, 0.6) is 0 Å². The first kappa shape index (κ1) is 6.79. The summed E-state index contributed by atoms with van der Waals surface area (Å²) in [6.45, 7) is 3.40. The van der Waals surface area contributed by atoms with E-state index in [0.29, 0.717) is 11.5 Å². The van der Waals surface area contributed by atoms with Gasteiger partial charge in [0.2, 0.25) is 0 Å². The SMILES string of the molecule is CC1CC12CSC1CCOC12. The lowest BCUT2D eigenvalue weighted by molar-refractivity contribution is 0.0629. The minimum Gasteiger partial charge on any atom is -0.376 e. The topological polar surface area (TPSA) is 9.23 Å². The third-order valence-corrected chi connectivity index (χ3v) is 5.29. The van der Waals surface area contributed by atoms with Crippen LogP contribution in [0.3, 0.4) is 0 Å². The van der Waals surface area contributed by atoms with E-state index in [2.05, 4.69) is 18.7 Å². The first-order valence-corrected chi connectivity index (χ1v) is 5.61. The van der Waals surface area contributed by atoms with Gasteiger partial charge in [0.25, 0.3) is 0 Å². The van der Waals surface area contributed by atoms with Crippen molar-refractivity contribution in [2.24, 2.45) is 11.3 Å². The van der Waals surface area contributed by atoms with E-state index in [9.17, 15) is 0 Å². The Kier molecular flexibility index (Phi) is 1.21. The molecule has 2 heteroatoms. The molecular formula is C9H14OS. The molecule has 4 atom stereocenters. The van der Waals surface area contributed by atoms with Crippen molar-refractivity contribution in [2.45, 2.75) is 31.1 Å². The van der Waals surface area contributed by atoms with Crippen molar-refractivity contribution in [1.29, 1.82) is 0 Å². The summed E-state index contributed by atoms with van der Waals surface area (Å²) < 4.78 is 5.80. The van der Waals surface area contributed by atoms with Gasteiger partial charge in [-0.25, -0.2) is 0 Å². The average Bonchev–Trinajstić information content (AvgIpc) is 2.46. The van der Waals surface area contributed by atoms with Gasteiger partial charge in [-0.2, -0.15) is 11.8 Å². The molecule has 1 nitrogen and oxygen atoms in total. The summed E-state index contributed by atoms with van der Waals surface area (Å²) in [7, 11) is 0. The normalized spacial score (nSPS) is 60.3. The van der Waals surface area contributed by atoms with Gasteiger partial charge in [0.15, 0.2) is 0 Å². The Bertz CT molecular complexity index is 194. The number of hydrogen-bond acceptors (Lipinski definition) is 2. The van der Waals surface area contributed by atoms with Gasteiger partial charge in [-0.3, -0.25) is 0 Å². The minimum absolute atomic E-state index is 0.641. The number of hydrogen-bond donors (Lipinski definition) is 0. The molecule has 4 unspecified atom stereocenters. The average molecular weight is 170 g/mol. The van der Waals surface area contributed by atoms with Crippen molar-refractivity contribution in [2.75, 3.05) is 12.4 Å². The summed E-state index contributed by atoms with van der Waals surface area (Å²) in [6.07, 6.45) is 3.38. The van der Waals surface area contributed by atoms with Gasteiger partial charge in [0, 0.05) is 23.0 Å². The van der Waals surface area contributed by atoms with Crippen LogP contribution in [0.2, 0.25) is 0 Å². The summed E-state index contributed by atoms with van der Waals surface area (Å²) in [5, 5.41) is 0.861. The van der Waals surface area contributed by atoms with Crippen molar-refractivity contribution >= 4 is 11.8 Å². The standard InChI is InChI=1S/C9H14OS/c1-6-4-9(6)5-11-7-2-3-10-8(7)9/h6-8H,2-5H2,1H3. The molecule has 0 aromatic carbocycles. The zero-order valence-electron chi connectivity index (χ0n) is 6.88. The van der Waals surface area contributed by atoms with Crippen LogP contribution in [-0.4, -0.2) is 23.7 Å². The molecule has 3 aliphatic rings. The Hall–Kier alpha value is 0.310. The van der Waals surface area contributed by atoms with Gasteiger partial charge in [-0.15, -0.1) is 0 Å². The van der Waals surface area contributed by atoms with Gasteiger partial charge in [0.05, 0.1) is 6.10 Å². The Morgan fingerprint density at radius 1 is 1.55 bits per heavy atom. The van der Waals surface area contributed by atoms with Crippen LogP contribution in [0.15, 0.2) is 0 Å². The van der Waals surface area contributed by atoms with E-state index in [1.165, 1.54) is 18.6 Å². The molecule has 2 saturated heterocycles. The molecule has 0 radical (unpaired) electrons. The fraction of sp³-hybridized carbons (Fsp3) is 1.00. The second kappa shape index (κ2) is 1.97. The lowest BCUT2D eigenvalue weighted by Gasteiger charge is -2.16. The van der Waals surface area contributed by atoms with Crippen LogP contribution in [0.25, 0.3) is 0 Å². The quantitative estimate of drug-likeness (QED) is 0.549. The lowest BCUT2D eigenvalue weighted by atomic mass is 9.97. The number of fused-ring (bicyclic) bond motifs is 2. The fourth-order valence-electron chi connectivity index (χ4n) is 2.73. The van der Waals surface area contributed by atoms with Crippen molar-refractivity contribution < 1.29 is 4.74 Å². The summed E-state index contributed by atoms with van der Waals surface area (Å²) in [6, 6.07) is 0. The van der Waals surface area contributed by atoms with E-state index in [-0.39, 0.29) is 0 Å². The highest BCUT2D eigenvalue weighted by Crippen LogP contribution is 2.65. The van der Waals surface area contributed by atoms with E-state index in [1.807, 2.05) is 0 Å². The van der Waals surface area contributed by atoms with Crippen LogP contribution >= 0.6 is 11.8 Å². The van der Waals surface area contributed by atoms with Gasteiger partial charge in [-0.05, 0) is 18.8 Å². The molecule has 2 aliphatic heterocycles. The van der Waals surface area contributed by atoms with Gasteiger partial charge in [-0.1, -0.05) is 6.92 Å². The van der Waals surface area contributed by atoms with Crippen LogP contribution in [0.4, 0.5) is 0 Å². The molecular weight excluding hydrogens is 156 g/mol. The monoisotopic (exact) mass is 170 g/mol. The Balaban J connectivity index is 1.88. The lowest BCUT2D eigenvalue weighted by Crippen LogP contribution is -2.24. The third kappa shape index (κ3) is 0.726. The molecule has 0 N–H and O–H groups in total. The van der Waals surface area contributed by atoms with Crippen molar-refractivity contribution in [3.63, 3.8) is 0 Å². The Morgan fingerprint density at radius 2 is 2.36 bits per heavy atom. The molecule has 0 amide bonds. The maximum atomic E-state index is 5.80. The molecule has 3 rings (SSSR count). The zero-order chi connectivity index (χ0) is 7.47. The largest absolute Gasteiger partial charge is 0.376 e. The molecule has 3 fully saturated rings. The second-order valence-corrected chi connectivity index (χ2v) is 5.50. The first-order chi connectivity index (χ1) is 5.33. The van der Waals surface area contributed by atoms with E-state index in [4.69, 9.17) is 4.74 Å². The van der Waals surface area contributed by atoms with E-state index in [1.54, 1.807) is 0 Å². The predicted molar refractivity (Wildman–Crippen MR) is 46.8 cm³/mol. The highest BCUT2D eigenvalue weighted by Gasteiger charge is 2.63. The van der Waals surface area contributed by atoms with Crippen LogP contribution in [0, 0.1) is 11.3 Å². The number of thioether (sulfide) groups is 1. The maximum Gasteiger partial charge on any atom is 0.0761 e. The summed E-state index contributed by atoms with van der Waals surface area (Å²) in [5.41, 5.74) is 0.645. The molecule has 1 saturated carbocycles. The molecule has 0 aromatic heterocycles. The molecule has 0 bridgehead atoms. The van der Waals surface area contributed by atoms with Gasteiger partial charge >= 0.3 is 0 Å². The smallest absolute Gasteiger partial charge is 0.0761 e. The Labute approximate surface area is 71.9 Å². The molecule has 1 aliphatic carbocycles. The van der Waals surface area contributed by atoms with Crippen molar-refractivity contribution in [3.8, 4) is 0 Å². The highest BCUT2D eigenvalue weighted by atomic mass is 32.2. The molecule has 62 valence electrons. The third-order valence-electron chi connectivity index (χ3n) is 3.68. The summed E-state index contributed by atoms with van der Waals surface area (Å²) in [5.74, 6) is 2.33. The summed E-state index contributed by atoms with van der Waals surface area (Å²) in [4.78, 5) is 0. The highest BCUT2D eigenvalue weighted by molar-refractivity contribution is 8.00. The van der Waals surface area contributed by atoms with E-state index < -0.39 is 0 Å². The van der Waals surface area contributed by atoms with Crippen molar-refractivity contribution in [1.82, 2.24) is 0 Å². The van der Waals surface area contributed by atoms with Crippen molar-refractivity contribution in [3.05, 3.63) is 0 Å². The fourth-order valence-corrected chi connectivity index (χ4v) is 4.61. The van der Waals surface area contributed by atoms with E-state index >= 15 is 0 Å². The predicted octanol–water partition coefficient (Wildman–Crippen LogP) is 1.92. The van der Waals surface area contributed by atoms with Gasteiger partial charge in [0.1, 0.15) is 0 Å². The second-order valence-electron chi connectivity index (χ2n) is 4.27. The Morgan fingerprint density at radius 3 is 3.09 bits per heavy atom. The number of ether oxygens (including phenoxy) is 1. The molecule has 0 aromatic rings. The van der Waals surface area contributed by atoms with Crippen LogP contribution in [0.1, 0.15) is 19.8 Å². The zero-order valence-corrected chi connectivity index (χ0v) is 7.69. The maximum absolute atomic E-state index is 5.80. The van der Waals surface area contributed by atoms with Gasteiger partial charge < -0.3 is 4.74 Å².